The van der Waals surface area contributed by atoms with E-state index in [0.29, 0.717) is 22.6 Å². The third-order valence-electron chi connectivity index (χ3n) is 5.34. The molecule has 154 valence electrons. The van der Waals surface area contributed by atoms with Gasteiger partial charge in [0, 0.05) is 13.1 Å². The van der Waals surface area contributed by atoms with Crippen molar-refractivity contribution in [1.29, 1.82) is 0 Å². The molecule has 1 saturated carbocycles. The zero-order valence-corrected chi connectivity index (χ0v) is 17.5. The highest BCUT2D eigenvalue weighted by Crippen LogP contribution is 2.26. The van der Waals surface area contributed by atoms with Gasteiger partial charge in [-0.25, -0.2) is 0 Å². The molecule has 5 heteroatoms. The summed E-state index contributed by atoms with van der Waals surface area (Å²) in [4.78, 5) is 27.9. The lowest BCUT2D eigenvalue weighted by Gasteiger charge is -2.31. The van der Waals surface area contributed by atoms with E-state index in [4.69, 9.17) is 4.74 Å². The van der Waals surface area contributed by atoms with E-state index in [0.717, 1.165) is 25.7 Å². The SMILES string of the molecule is CC(C)Oc1ccccc1C(=O)Nc1ccccc1C(=O)N(C)C1CCCCC1. The average Bonchev–Trinajstić information content (AvgIpc) is 2.73. The molecule has 29 heavy (non-hydrogen) atoms. The first kappa shape index (κ1) is 20.9. The molecular formula is C24H30N2O3. The molecule has 2 aromatic rings. The van der Waals surface area contributed by atoms with E-state index in [1.165, 1.54) is 6.42 Å². The Bertz CT molecular complexity index is 857. The van der Waals surface area contributed by atoms with Gasteiger partial charge in [-0.05, 0) is 51.0 Å². The maximum Gasteiger partial charge on any atom is 0.259 e. The Morgan fingerprint density at radius 2 is 1.59 bits per heavy atom. The molecule has 0 atom stereocenters. The van der Waals surface area contributed by atoms with Gasteiger partial charge in [0.1, 0.15) is 5.75 Å². The Morgan fingerprint density at radius 3 is 2.28 bits per heavy atom. The fraction of sp³-hybridized carbons (Fsp3) is 0.417. The molecule has 3 rings (SSSR count). The summed E-state index contributed by atoms with van der Waals surface area (Å²) in [5.41, 5.74) is 1.48. The van der Waals surface area contributed by atoms with Gasteiger partial charge in [-0.3, -0.25) is 9.59 Å². The van der Waals surface area contributed by atoms with Crippen molar-refractivity contribution in [3.63, 3.8) is 0 Å². The molecule has 1 aliphatic carbocycles. The van der Waals surface area contributed by atoms with Crippen molar-refractivity contribution in [2.24, 2.45) is 0 Å². The molecule has 0 aromatic heterocycles. The summed E-state index contributed by atoms with van der Waals surface area (Å²) in [7, 11) is 1.86. The van der Waals surface area contributed by atoms with Crippen molar-refractivity contribution in [2.75, 3.05) is 12.4 Å². The number of ether oxygens (including phenoxy) is 1. The van der Waals surface area contributed by atoms with Gasteiger partial charge in [0.05, 0.1) is 22.9 Å². The Hall–Kier alpha value is -2.82. The van der Waals surface area contributed by atoms with Gasteiger partial charge in [-0.2, -0.15) is 0 Å². The molecule has 0 heterocycles. The molecule has 1 fully saturated rings. The molecular weight excluding hydrogens is 364 g/mol. The van der Waals surface area contributed by atoms with E-state index in [9.17, 15) is 9.59 Å². The maximum atomic E-state index is 13.1. The fourth-order valence-corrected chi connectivity index (χ4v) is 3.80. The van der Waals surface area contributed by atoms with Crippen LogP contribution in [0.2, 0.25) is 0 Å². The van der Waals surface area contributed by atoms with Crippen LogP contribution in [0.15, 0.2) is 48.5 Å². The first-order valence-electron chi connectivity index (χ1n) is 10.4. The minimum Gasteiger partial charge on any atom is -0.490 e. The number of benzene rings is 2. The lowest BCUT2D eigenvalue weighted by Crippen LogP contribution is -2.38. The van der Waals surface area contributed by atoms with Crippen molar-refractivity contribution in [1.82, 2.24) is 4.90 Å². The van der Waals surface area contributed by atoms with Crippen LogP contribution in [0, 0.1) is 0 Å². The molecule has 0 unspecified atom stereocenters. The van der Waals surface area contributed by atoms with Gasteiger partial charge in [-0.15, -0.1) is 0 Å². The number of nitrogens with one attached hydrogen (secondary N) is 1. The van der Waals surface area contributed by atoms with Gasteiger partial charge in [0.2, 0.25) is 0 Å². The van der Waals surface area contributed by atoms with Crippen LogP contribution in [-0.4, -0.2) is 35.9 Å². The normalized spacial score (nSPS) is 14.5. The summed E-state index contributed by atoms with van der Waals surface area (Å²) in [6, 6.07) is 14.6. The number of amides is 2. The Morgan fingerprint density at radius 1 is 0.966 bits per heavy atom. The first-order valence-corrected chi connectivity index (χ1v) is 10.4. The molecule has 0 bridgehead atoms. The number of hydrogen-bond acceptors (Lipinski definition) is 3. The second-order valence-corrected chi connectivity index (χ2v) is 7.87. The number of para-hydroxylation sites is 2. The zero-order valence-electron chi connectivity index (χ0n) is 17.5. The number of nitrogens with zero attached hydrogens (tertiary/aromatic N) is 1. The molecule has 0 spiro atoms. The minimum absolute atomic E-state index is 0.0399. The summed E-state index contributed by atoms with van der Waals surface area (Å²) < 4.78 is 5.76. The van der Waals surface area contributed by atoms with Gasteiger partial charge in [0.25, 0.3) is 11.8 Å². The Labute approximate surface area is 173 Å². The lowest BCUT2D eigenvalue weighted by atomic mass is 9.94. The summed E-state index contributed by atoms with van der Waals surface area (Å²) in [6.07, 6.45) is 5.60. The molecule has 2 amide bonds. The van der Waals surface area contributed by atoms with Crippen LogP contribution in [0.1, 0.15) is 66.7 Å². The molecule has 0 saturated heterocycles. The second kappa shape index (κ2) is 9.59. The monoisotopic (exact) mass is 394 g/mol. The van der Waals surface area contributed by atoms with E-state index in [1.807, 2.05) is 44.0 Å². The summed E-state index contributed by atoms with van der Waals surface area (Å²) in [5.74, 6) is 0.185. The molecule has 0 aliphatic heterocycles. The number of hydrogen-bond donors (Lipinski definition) is 1. The summed E-state index contributed by atoms with van der Waals surface area (Å²) >= 11 is 0. The van der Waals surface area contributed by atoms with Crippen molar-refractivity contribution >= 4 is 17.5 Å². The van der Waals surface area contributed by atoms with Crippen molar-refractivity contribution in [3.8, 4) is 5.75 Å². The molecule has 0 radical (unpaired) electrons. The number of carbonyl (C=O) groups is 2. The predicted octanol–water partition coefficient (Wildman–Crippen LogP) is 5.13. The molecule has 5 nitrogen and oxygen atoms in total. The number of rotatable bonds is 6. The van der Waals surface area contributed by atoms with Gasteiger partial charge >= 0.3 is 0 Å². The number of anilines is 1. The third-order valence-corrected chi connectivity index (χ3v) is 5.34. The van der Waals surface area contributed by atoms with Gasteiger partial charge in [-0.1, -0.05) is 43.5 Å². The zero-order chi connectivity index (χ0) is 20.8. The van der Waals surface area contributed by atoms with E-state index in [2.05, 4.69) is 5.32 Å². The molecule has 2 aromatic carbocycles. The summed E-state index contributed by atoms with van der Waals surface area (Å²) in [5, 5.41) is 2.91. The maximum absolute atomic E-state index is 13.1. The average molecular weight is 395 g/mol. The predicted molar refractivity (Wildman–Crippen MR) is 116 cm³/mol. The van der Waals surface area contributed by atoms with E-state index < -0.39 is 0 Å². The molecule has 1 N–H and O–H groups in total. The summed E-state index contributed by atoms with van der Waals surface area (Å²) in [6.45, 7) is 3.84. The van der Waals surface area contributed by atoms with Gasteiger partial charge < -0.3 is 15.0 Å². The van der Waals surface area contributed by atoms with Crippen molar-refractivity contribution in [2.45, 2.75) is 58.1 Å². The van der Waals surface area contributed by atoms with Crippen LogP contribution in [-0.2, 0) is 0 Å². The van der Waals surface area contributed by atoms with Crippen LogP contribution in [0.25, 0.3) is 0 Å². The highest BCUT2D eigenvalue weighted by Gasteiger charge is 2.25. The van der Waals surface area contributed by atoms with Crippen LogP contribution in [0.4, 0.5) is 5.69 Å². The Balaban J connectivity index is 1.81. The van der Waals surface area contributed by atoms with Gasteiger partial charge in [0.15, 0.2) is 0 Å². The van der Waals surface area contributed by atoms with E-state index in [-0.39, 0.29) is 24.0 Å². The first-order chi connectivity index (χ1) is 14.0. The fourth-order valence-electron chi connectivity index (χ4n) is 3.80. The third kappa shape index (κ3) is 5.17. The minimum atomic E-state index is -0.290. The van der Waals surface area contributed by atoms with E-state index in [1.54, 1.807) is 30.3 Å². The smallest absolute Gasteiger partial charge is 0.259 e. The second-order valence-electron chi connectivity index (χ2n) is 7.87. The quantitative estimate of drug-likeness (QED) is 0.739. The van der Waals surface area contributed by atoms with E-state index >= 15 is 0 Å². The topological polar surface area (TPSA) is 58.6 Å². The van der Waals surface area contributed by atoms with Crippen LogP contribution in [0.5, 0.6) is 5.75 Å². The number of carbonyl (C=O) groups excluding carboxylic acids is 2. The van der Waals surface area contributed by atoms with Crippen LogP contribution in [0.3, 0.4) is 0 Å². The van der Waals surface area contributed by atoms with Crippen molar-refractivity contribution < 1.29 is 14.3 Å². The van der Waals surface area contributed by atoms with Crippen LogP contribution >= 0.6 is 0 Å². The molecule has 1 aliphatic rings. The largest absolute Gasteiger partial charge is 0.490 e. The Kier molecular flexibility index (Phi) is 6.91. The lowest BCUT2D eigenvalue weighted by molar-refractivity contribution is 0.0697. The highest BCUT2D eigenvalue weighted by molar-refractivity contribution is 6.10. The highest BCUT2D eigenvalue weighted by atomic mass is 16.5. The standard InChI is InChI=1S/C24H30N2O3/c1-17(2)29-22-16-10-8-14-20(22)23(27)25-21-15-9-7-13-19(21)24(28)26(3)18-11-5-4-6-12-18/h7-10,13-18H,4-6,11-12H2,1-3H3,(H,25,27). The van der Waals surface area contributed by atoms with Crippen LogP contribution < -0.4 is 10.1 Å². The van der Waals surface area contributed by atoms with Crippen molar-refractivity contribution in [3.05, 3.63) is 59.7 Å².